The number of amides is 1. The first-order valence-electron chi connectivity index (χ1n) is 9.14. The van der Waals surface area contributed by atoms with Crippen molar-refractivity contribution in [3.05, 3.63) is 64.2 Å². The van der Waals surface area contributed by atoms with Gasteiger partial charge in [-0.05, 0) is 42.0 Å². The van der Waals surface area contributed by atoms with Crippen molar-refractivity contribution in [1.29, 1.82) is 0 Å². The molecule has 160 valence electrons. The SMILES string of the molecule is CCN(CC)S(=O)(=O)c1ccc(OC)c(NC(=O)C=Cc2ccc([N+](=O)[O-])cc2)c1. The van der Waals surface area contributed by atoms with Gasteiger partial charge in [0, 0.05) is 31.3 Å². The average molecular weight is 433 g/mol. The van der Waals surface area contributed by atoms with Gasteiger partial charge in [0.2, 0.25) is 15.9 Å². The highest BCUT2D eigenvalue weighted by molar-refractivity contribution is 7.89. The van der Waals surface area contributed by atoms with Crippen LogP contribution < -0.4 is 10.1 Å². The highest BCUT2D eigenvalue weighted by Gasteiger charge is 2.23. The van der Waals surface area contributed by atoms with Gasteiger partial charge in [-0.1, -0.05) is 13.8 Å². The maximum absolute atomic E-state index is 12.7. The molecule has 1 N–H and O–H groups in total. The molecule has 1 amide bonds. The second-order valence-electron chi connectivity index (χ2n) is 6.12. The first kappa shape index (κ1) is 23.0. The fourth-order valence-corrected chi connectivity index (χ4v) is 4.20. The molecule has 2 rings (SSSR count). The molecule has 9 nitrogen and oxygen atoms in total. The van der Waals surface area contributed by atoms with Crippen LogP contribution in [0, 0.1) is 10.1 Å². The minimum Gasteiger partial charge on any atom is -0.495 e. The van der Waals surface area contributed by atoms with Crippen molar-refractivity contribution in [2.24, 2.45) is 0 Å². The molecule has 0 aliphatic carbocycles. The Bertz CT molecular complexity index is 1040. The summed E-state index contributed by atoms with van der Waals surface area (Å²) in [5.74, 6) is -0.199. The lowest BCUT2D eigenvalue weighted by molar-refractivity contribution is -0.384. The van der Waals surface area contributed by atoms with Gasteiger partial charge in [-0.15, -0.1) is 0 Å². The van der Waals surface area contributed by atoms with Gasteiger partial charge in [0.05, 0.1) is 22.6 Å². The number of carbonyl (C=O) groups excluding carboxylic acids is 1. The monoisotopic (exact) mass is 433 g/mol. The summed E-state index contributed by atoms with van der Waals surface area (Å²) in [4.78, 5) is 22.5. The summed E-state index contributed by atoms with van der Waals surface area (Å²) < 4.78 is 32.0. The Labute approximate surface area is 175 Å². The summed E-state index contributed by atoms with van der Waals surface area (Å²) in [7, 11) is -2.28. The van der Waals surface area contributed by atoms with E-state index >= 15 is 0 Å². The Hall–Kier alpha value is -3.24. The van der Waals surface area contributed by atoms with Crippen LogP contribution in [-0.2, 0) is 14.8 Å². The van der Waals surface area contributed by atoms with E-state index in [1.54, 1.807) is 13.8 Å². The van der Waals surface area contributed by atoms with Crippen LogP contribution in [0.25, 0.3) is 6.08 Å². The number of hydrogen-bond donors (Lipinski definition) is 1. The normalized spacial score (nSPS) is 11.6. The Kier molecular flexibility index (Phi) is 7.67. The summed E-state index contributed by atoms with van der Waals surface area (Å²) >= 11 is 0. The van der Waals surface area contributed by atoms with Crippen molar-refractivity contribution in [2.45, 2.75) is 18.7 Å². The van der Waals surface area contributed by atoms with E-state index in [9.17, 15) is 23.3 Å². The second-order valence-corrected chi connectivity index (χ2v) is 8.06. The minimum absolute atomic E-state index is 0.0432. The zero-order valence-electron chi connectivity index (χ0n) is 16.9. The van der Waals surface area contributed by atoms with Gasteiger partial charge in [-0.3, -0.25) is 14.9 Å². The van der Waals surface area contributed by atoms with E-state index in [-0.39, 0.29) is 16.3 Å². The quantitative estimate of drug-likeness (QED) is 0.368. The molecule has 0 aromatic heterocycles. The number of benzene rings is 2. The van der Waals surface area contributed by atoms with Crippen LogP contribution in [0.4, 0.5) is 11.4 Å². The predicted octanol–water partition coefficient (Wildman–Crippen LogP) is 3.29. The first-order valence-corrected chi connectivity index (χ1v) is 10.6. The Morgan fingerprint density at radius 2 is 1.80 bits per heavy atom. The van der Waals surface area contributed by atoms with Gasteiger partial charge in [0.15, 0.2) is 0 Å². The maximum Gasteiger partial charge on any atom is 0.269 e. The van der Waals surface area contributed by atoms with Crippen molar-refractivity contribution in [3.8, 4) is 5.75 Å². The van der Waals surface area contributed by atoms with Crippen LogP contribution in [0.2, 0.25) is 0 Å². The van der Waals surface area contributed by atoms with Gasteiger partial charge < -0.3 is 10.1 Å². The van der Waals surface area contributed by atoms with E-state index in [2.05, 4.69) is 5.32 Å². The number of hydrogen-bond acceptors (Lipinski definition) is 6. The van der Waals surface area contributed by atoms with Crippen LogP contribution in [0.5, 0.6) is 5.75 Å². The first-order chi connectivity index (χ1) is 14.2. The molecular formula is C20H23N3O6S. The predicted molar refractivity (Wildman–Crippen MR) is 114 cm³/mol. The molecule has 0 radical (unpaired) electrons. The van der Waals surface area contributed by atoms with Crippen LogP contribution in [0.1, 0.15) is 19.4 Å². The number of non-ortho nitro benzene ring substituents is 1. The number of ether oxygens (including phenoxy) is 1. The molecule has 30 heavy (non-hydrogen) atoms. The van der Waals surface area contributed by atoms with Gasteiger partial charge in [0.25, 0.3) is 5.69 Å². The van der Waals surface area contributed by atoms with Crippen LogP contribution in [0.3, 0.4) is 0 Å². The molecule has 0 fully saturated rings. The lowest BCUT2D eigenvalue weighted by atomic mass is 10.2. The zero-order valence-corrected chi connectivity index (χ0v) is 17.7. The summed E-state index contributed by atoms with van der Waals surface area (Å²) in [5, 5.41) is 13.3. The van der Waals surface area contributed by atoms with Crippen molar-refractivity contribution in [1.82, 2.24) is 4.31 Å². The number of nitro groups is 1. The third-order valence-electron chi connectivity index (χ3n) is 4.30. The van der Waals surface area contributed by atoms with Gasteiger partial charge in [0.1, 0.15) is 5.75 Å². The Balaban J connectivity index is 2.24. The van der Waals surface area contributed by atoms with Crippen LogP contribution in [-0.4, -0.2) is 43.8 Å². The smallest absolute Gasteiger partial charge is 0.269 e. The summed E-state index contributed by atoms with van der Waals surface area (Å²) in [6.45, 7) is 4.14. The second kappa shape index (κ2) is 9.99. The van der Waals surface area contributed by atoms with Crippen molar-refractivity contribution < 1.29 is 22.9 Å². The molecule has 0 aliphatic rings. The Morgan fingerprint density at radius 3 is 2.33 bits per heavy atom. The molecule has 0 atom stereocenters. The third kappa shape index (κ3) is 5.43. The van der Waals surface area contributed by atoms with E-state index in [0.717, 1.165) is 0 Å². The maximum atomic E-state index is 12.7. The van der Waals surface area contributed by atoms with Gasteiger partial charge in [-0.2, -0.15) is 4.31 Å². The fourth-order valence-electron chi connectivity index (χ4n) is 2.71. The number of carbonyl (C=O) groups is 1. The summed E-state index contributed by atoms with van der Waals surface area (Å²) in [5.41, 5.74) is 0.761. The number of nitrogens with one attached hydrogen (secondary N) is 1. The number of nitrogens with zero attached hydrogens (tertiary/aromatic N) is 2. The molecule has 0 unspecified atom stereocenters. The molecule has 2 aromatic rings. The summed E-state index contributed by atoms with van der Waals surface area (Å²) in [6, 6.07) is 9.95. The third-order valence-corrected chi connectivity index (χ3v) is 6.35. The van der Waals surface area contributed by atoms with E-state index in [1.807, 2.05) is 0 Å². The average Bonchev–Trinajstić information content (AvgIpc) is 2.73. The minimum atomic E-state index is -3.70. The number of sulfonamides is 1. The number of anilines is 1. The number of methoxy groups -OCH3 is 1. The molecule has 10 heteroatoms. The number of rotatable bonds is 9. The van der Waals surface area contributed by atoms with Gasteiger partial charge >= 0.3 is 0 Å². The molecule has 0 bridgehead atoms. The lowest BCUT2D eigenvalue weighted by Gasteiger charge is -2.19. The fraction of sp³-hybridized carbons (Fsp3) is 0.250. The molecular weight excluding hydrogens is 410 g/mol. The molecule has 0 heterocycles. The highest BCUT2D eigenvalue weighted by Crippen LogP contribution is 2.29. The molecule has 0 saturated carbocycles. The van der Waals surface area contributed by atoms with Crippen molar-refractivity contribution in [3.63, 3.8) is 0 Å². The molecule has 0 spiro atoms. The van der Waals surface area contributed by atoms with E-state index in [0.29, 0.717) is 24.4 Å². The standard InChI is InChI=1S/C20H23N3O6S/c1-4-22(5-2)30(27,28)17-11-12-19(29-3)18(14-17)21-20(24)13-8-15-6-9-16(10-7-15)23(25)26/h6-14H,4-5H2,1-3H3,(H,21,24). The van der Waals surface area contributed by atoms with Crippen LogP contribution >= 0.6 is 0 Å². The van der Waals surface area contributed by atoms with E-state index < -0.39 is 20.9 Å². The van der Waals surface area contributed by atoms with Crippen molar-refractivity contribution in [2.75, 3.05) is 25.5 Å². The molecule has 0 saturated heterocycles. The Morgan fingerprint density at radius 1 is 1.17 bits per heavy atom. The number of nitro benzene ring substituents is 1. The largest absolute Gasteiger partial charge is 0.495 e. The summed E-state index contributed by atoms with van der Waals surface area (Å²) in [6.07, 6.45) is 2.73. The highest BCUT2D eigenvalue weighted by atomic mass is 32.2. The van der Waals surface area contributed by atoms with E-state index in [1.165, 1.54) is 66.0 Å². The zero-order chi connectivity index (χ0) is 22.3. The van der Waals surface area contributed by atoms with Crippen molar-refractivity contribution >= 4 is 33.4 Å². The van der Waals surface area contributed by atoms with Crippen LogP contribution in [0.15, 0.2) is 53.4 Å². The van der Waals surface area contributed by atoms with Gasteiger partial charge in [-0.25, -0.2) is 8.42 Å². The molecule has 0 aliphatic heterocycles. The molecule has 2 aromatic carbocycles. The van der Waals surface area contributed by atoms with E-state index in [4.69, 9.17) is 4.74 Å². The lowest BCUT2D eigenvalue weighted by Crippen LogP contribution is -2.30. The topological polar surface area (TPSA) is 119 Å².